The molecule has 0 aliphatic rings. The molecule has 0 aromatic rings. The maximum absolute atomic E-state index is 11.4. The van der Waals surface area contributed by atoms with E-state index in [-0.39, 0.29) is 18.7 Å². The maximum Gasteiger partial charge on any atom is 0.303 e. The Morgan fingerprint density at radius 1 is 0.808 bits per heavy atom. The molecule has 0 fully saturated rings. The number of aldehydes is 1. The summed E-state index contributed by atoms with van der Waals surface area (Å²) in [6, 6.07) is 0. The summed E-state index contributed by atoms with van der Waals surface area (Å²) >= 11 is 0. The molecule has 4 atom stereocenters. The number of hydrogen-bond donors (Lipinski definition) is 1. The zero-order valence-electron chi connectivity index (χ0n) is 14.7. The number of halogens is 1. The van der Waals surface area contributed by atoms with E-state index in [4.69, 9.17) is 24.8 Å². The van der Waals surface area contributed by atoms with Crippen LogP contribution in [0.1, 0.15) is 27.7 Å². The largest absolute Gasteiger partial charge is 0.456 e. The summed E-state index contributed by atoms with van der Waals surface area (Å²) in [4.78, 5) is 60.9. The van der Waals surface area contributed by atoms with Gasteiger partial charge in [0, 0.05) is 27.7 Å². The minimum absolute atomic E-state index is 0. The van der Waals surface area contributed by atoms with Gasteiger partial charge in [0.05, 0.1) is 0 Å². The van der Waals surface area contributed by atoms with Gasteiger partial charge < -0.3 is 23.8 Å². The molecule has 0 radical (unpaired) electrons. The lowest BCUT2D eigenvalue weighted by Crippen LogP contribution is -2.53. The van der Waals surface area contributed by atoms with E-state index in [2.05, 4.69) is 4.84 Å². The third kappa shape index (κ3) is 9.91. The van der Waals surface area contributed by atoms with Gasteiger partial charge in [-0.2, -0.15) is 0 Å². The van der Waals surface area contributed by atoms with E-state index in [1.807, 2.05) is 0 Å². The average molecular weight is 400 g/mol. The van der Waals surface area contributed by atoms with E-state index < -0.39 is 54.9 Å². The molecule has 0 bridgehead atoms. The van der Waals surface area contributed by atoms with Gasteiger partial charge in [0.1, 0.15) is 6.61 Å². The SMILES string of the molecule is CC(=O)O[C@@H]([C@H](OC(C)=O)[C@@H](CON)OC(C)=O)[C@H](C=O)OC(C)=O.Cl. The third-order valence-electron chi connectivity index (χ3n) is 2.63. The van der Waals surface area contributed by atoms with Gasteiger partial charge in [0.25, 0.3) is 0 Å². The Hall–Kier alpha value is -2.24. The van der Waals surface area contributed by atoms with E-state index in [0.717, 1.165) is 27.7 Å². The summed E-state index contributed by atoms with van der Waals surface area (Å²) < 4.78 is 19.7. The van der Waals surface area contributed by atoms with Gasteiger partial charge in [-0.25, -0.2) is 5.90 Å². The first-order chi connectivity index (χ1) is 11.6. The Bertz CT molecular complexity index is 512. The normalized spacial score (nSPS) is 14.5. The van der Waals surface area contributed by atoms with Gasteiger partial charge in [0.2, 0.25) is 0 Å². The lowest BCUT2D eigenvalue weighted by Gasteiger charge is -2.33. The molecule has 0 aliphatic carbocycles. The van der Waals surface area contributed by atoms with Crippen molar-refractivity contribution < 1.29 is 47.8 Å². The Kier molecular flexibility index (Phi) is 13.0. The van der Waals surface area contributed by atoms with E-state index in [1.54, 1.807) is 0 Å². The fourth-order valence-electron chi connectivity index (χ4n) is 1.93. The summed E-state index contributed by atoms with van der Waals surface area (Å²) in [6.45, 7) is 3.69. The summed E-state index contributed by atoms with van der Waals surface area (Å²) in [5.74, 6) is 1.63. The van der Waals surface area contributed by atoms with Crippen LogP contribution in [-0.4, -0.2) is 61.2 Å². The van der Waals surface area contributed by atoms with Gasteiger partial charge >= 0.3 is 23.9 Å². The number of esters is 4. The molecule has 2 N–H and O–H groups in total. The lowest BCUT2D eigenvalue weighted by atomic mass is 10.0. The molecule has 0 rings (SSSR count). The Morgan fingerprint density at radius 3 is 1.58 bits per heavy atom. The van der Waals surface area contributed by atoms with Crippen LogP contribution in [0, 0.1) is 0 Å². The van der Waals surface area contributed by atoms with Gasteiger partial charge in [-0.15, -0.1) is 12.4 Å². The van der Waals surface area contributed by atoms with Crippen molar-refractivity contribution in [3.8, 4) is 0 Å². The second-order valence-corrected chi connectivity index (χ2v) is 4.84. The monoisotopic (exact) mass is 399 g/mol. The first kappa shape index (κ1) is 26.0. The highest BCUT2D eigenvalue weighted by Crippen LogP contribution is 2.19. The third-order valence-corrected chi connectivity index (χ3v) is 2.63. The number of rotatable bonds is 10. The van der Waals surface area contributed by atoms with Crippen molar-refractivity contribution in [1.29, 1.82) is 0 Å². The maximum atomic E-state index is 11.4. The van der Waals surface area contributed by atoms with Crippen molar-refractivity contribution in [2.24, 2.45) is 5.90 Å². The molecular formula is C14H22ClNO10. The lowest BCUT2D eigenvalue weighted by molar-refractivity contribution is -0.200. The molecule has 0 unspecified atom stereocenters. The molecule has 0 amide bonds. The minimum atomic E-state index is -1.62. The van der Waals surface area contributed by atoms with Crippen molar-refractivity contribution in [3.05, 3.63) is 0 Å². The topological polar surface area (TPSA) is 158 Å². The van der Waals surface area contributed by atoms with E-state index in [0.29, 0.717) is 0 Å². The zero-order chi connectivity index (χ0) is 19.6. The summed E-state index contributed by atoms with van der Waals surface area (Å²) in [6.07, 6.45) is -5.90. The molecule has 26 heavy (non-hydrogen) atoms. The Labute approximate surface area is 155 Å². The van der Waals surface area contributed by atoms with Crippen molar-refractivity contribution in [3.63, 3.8) is 0 Å². The highest BCUT2D eigenvalue weighted by molar-refractivity contribution is 5.85. The van der Waals surface area contributed by atoms with Gasteiger partial charge in [-0.3, -0.25) is 24.0 Å². The molecule has 0 spiro atoms. The van der Waals surface area contributed by atoms with Crippen LogP contribution >= 0.6 is 12.4 Å². The Morgan fingerprint density at radius 2 is 1.23 bits per heavy atom. The molecule has 0 saturated heterocycles. The first-order valence-corrected chi connectivity index (χ1v) is 7.08. The smallest absolute Gasteiger partial charge is 0.303 e. The van der Waals surface area contributed by atoms with E-state index >= 15 is 0 Å². The van der Waals surface area contributed by atoms with Crippen LogP contribution in [0.4, 0.5) is 0 Å². The molecule has 0 aromatic carbocycles. The Balaban J connectivity index is 0. The summed E-state index contributed by atoms with van der Waals surface area (Å²) in [5, 5.41) is 0. The second kappa shape index (κ2) is 13.0. The zero-order valence-corrected chi connectivity index (χ0v) is 15.5. The molecule has 11 nitrogen and oxygen atoms in total. The first-order valence-electron chi connectivity index (χ1n) is 7.08. The van der Waals surface area contributed by atoms with Crippen LogP contribution in [-0.2, 0) is 47.8 Å². The molecule has 150 valence electrons. The number of ether oxygens (including phenoxy) is 4. The fraction of sp³-hybridized carbons (Fsp3) is 0.643. The summed E-state index contributed by atoms with van der Waals surface area (Å²) in [5.41, 5.74) is 0. The predicted molar refractivity (Wildman–Crippen MR) is 85.7 cm³/mol. The molecular weight excluding hydrogens is 378 g/mol. The molecule has 0 aromatic heterocycles. The van der Waals surface area contributed by atoms with Crippen molar-refractivity contribution in [2.75, 3.05) is 6.61 Å². The standard InChI is InChI=1S/C14H21NO10.ClH/c1-7(17)22-11(5-16)13(24-9(3)19)14(25-10(4)20)12(6-21-15)23-8(2)18;/h5,11-14H,6,15H2,1-4H3;1H/t11-,12+,13+,14+;/m0./s1. The number of carbonyl (C=O) groups is 5. The van der Waals surface area contributed by atoms with Crippen molar-refractivity contribution in [2.45, 2.75) is 52.1 Å². The van der Waals surface area contributed by atoms with Crippen LogP contribution in [0.5, 0.6) is 0 Å². The van der Waals surface area contributed by atoms with Gasteiger partial charge in [-0.05, 0) is 0 Å². The molecule has 0 aliphatic heterocycles. The molecule has 0 saturated carbocycles. The second-order valence-electron chi connectivity index (χ2n) is 4.84. The van der Waals surface area contributed by atoms with Crippen LogP contribution < -0.4 is 5.90 Å². The predicted octanol–water partition coefficient (Wildman–Crippen LogP) is -0.776. The van der Waals surface area contributed by atoms with Crippen LogP contribution in [0.25, 0.3) is 0 Å². The number of nitrogens with two attached hydrogens (primary N) is 1. The van der Waals surface area contributed by atoms with Crippen molar-refractivity contribution in [1.82, 2.24) is 0 Å². The highest BCUT2D eigenvalue weighted by atomic mass is 35.5. The average Bonchev–Trinajstić information content (AvgIpc) is 2.47. The van der Waals surface area contributed by atoms with Crippen LogP contribution in [0.3, 0.4) is 0 Å². The quantitative estimate of drug-likeness (QED) is 0.212. The van der Waals surface area contributed by atoms with E-state index in [1.165, 1.54) is 0 Å². The van der Waals surface area contributed by atoms with Crippen LogP contribution in [0.15, 0.2) is 0 Å². The van der Waals surface area contributed by atoms with E-state index in [9.17, 15) is 24.0 Å². The number of hydrogen-bond acceptors (Lipinski definition) is 11. The fourth-order valence-corrected chi connectivity index (χ4v) is 1.93. The van der Waals surface area contributed by atoms with Gasteiger partial charge in [0.15, 0.2) is 30.7 Å². The molecule has 12 heteroatoms. The van der Waals surface area contributed by atoms with Gasteiger partial charge in [-0.1, -0.05) is 0 Å². The summed E-state index contributed by atoms with van der Waals surface area (Å²) in [7, 11) is 0. The van der Waals surface area contributed by atoms with Crippen LogP contribution in [0.2, 0.25) is 0 Å². The molecule has 0 heterocycles. The minimum Gasteiger partial charge on any atom is -0.456 e. The highest BCUT2D eigenvalue weighted by Gasteiger charge is 2.43. The van der Waals surface area contributed by atoms with Crippen molar-refractivity contribution >= 4 is 42.6 Å². The number of carbonyl (C=O) groups excluding carboxylic acids is 5.